The number of ether oxygens (including phenoxy) is 1. The first-order valence-electron chi connectivity index (χ1n) is 9.58. The van der Waals surface area contributed by atoms with Gasteiger partial charge in [0.05, 0.1) is 17.2 Å². The van der Waals surface area contributed by atoms with Crippen LogP contribution >= 0.6 is 11.8 Å². The van der Waals surface area contributed by atoms with Crippen LogP contribution < -0.4 is 10.1 Å². The average Bonchev–Trinajstić information content (AvgIpc) is 3.01. The van der Waals surface area contributed by atoms with Gasteiger partial charge in [-0.2, -0.15) is 0 Å². The molecular formula is C22H19F3N2O4S. The third kappa shape index (κ3) is 5.31. The number of rotatable bonds is 7. The average molecular weight is 464 g/mol. The summed E-state index contributed by atoms with van der Waals surface area (Å²) in [6.07, 6.45) is 1.49. The standard InChI is InChI=1S/C22H19F3N2O4S/c1-12(2)11-31-16-6-4-3-5-13(16)9-17-21(29)27(22(30)32-17)10-18(28)26-15-8-7-14(23)19(24)20(15)25/h3-9,12H,10-11H2,1-2H3,(H,26,28)/b17-9+. The summed E-state index contributed by atoms with van der Waals surface area (Å²) < 4.78 is 45.8. The van der Waals surface area contributed by atoms with E-state index in [0.717, 1.165) is 6.07 Å². The van der Waals surface area contributed by atoms with Gasteiger partial charge >= 0.3 is 0 Å². The summed E-state index contributed by atoms with van der Waals surface area (Å²) in [4.78, 5) is 37.9. The van der Waals surface area contributed by atoms with E-state index in [4.69, 9.17) is 4.74 Å². The fraction of sp³-hybridized carbons (Fsp3) is 0.227. The lowest BCUT2D eigenvalue weighted by Gasteiger charge is -2.13. The van der Waals surface area contributed by atoms with Gasteiger partial charge in [-0.3, -0.25) is 19.3 Å². The first-order chi connectivity index (χ1) is 15.2. The van der Waals surface area contributed by atoms with Gasteiger partial charge in [0.1, 0.15) is 12.3 Å². The molecule has 2 aromatic rings. The Morgan fingerprint density at radius 2 is 1.84 bits per heavy atom. The predicted molar refractivity (Wildman–Crippen MR) is 114 cm³/mol. The summed E-state index contributed by atoms with van der Waals surface area (Å²) in [6, 6.07) is 8.48. The quantitative estimate of drug-likeness (QED) is 0.470. The van der Waals surface area contributed by atoms with Gasteiger partial charge in [-0.25, -0.2) is 13.2 Å². The second-order valence-electron chi connectivity index (χ2n) is 7.28. The molecule has 6 nitrogen and oxygen atoms in total. The number of anilines is 1. The van der Waals surface area contributed by atoms with Gasteiger partial charge in [-0.15, -0.1) is 0 Å². The number of imide groups is 1. The van der Waals surface area contributed by atoms with Crippen molar-refractivity contribution in [2.24, 2.45) is 5.92 Å². The third-order valence-electron chi connectivity index (χ3n) is 4.26. The summed E-state index contributed by atoms with van der Waals surface area (Å²) in [5, 5.41) is 1.34. The molecule has 10 heteroatoms. The van der Waals surface area contributed by atoms with Gasteiger partial charge in [0.15, 0.2) is 17.5 Å². The van der Waals surface area contributed by atoms with Crippen molar-refractivity contribution >= 4 is 40.6 Å². The molecule has 1 aliphatic heterocycles. The zero-order chi connectivity index (χ0) is 23.4. The van der Waals surface area contributed by atoms with Gasteiger partial charge in [0.2, 0.25) is 5.91 Å². The van der Waals surface area contributed by atoms with E-state index in [1.54, 1.807) is 24.3 Å². The highest BCUT2D eigenvalue weighted by Gasteiger charge is 2.36. The Bertz CT molecular complexity index is 1100. The maximum absolute atomic E-state index is 13.7. The Morgan fingerprint density at radius 1 is 1.12 bits per heavy atom. The number of para-hydroxylation sites is 1. The molecule has 1 fully saturated rings. The summed E-state index contributed by atoms with van der Waals surface area (Å²) >= 11 is 0.645. The molecule has 32 heavy (non-hydrogen) atoms. The lowest BCUT2D eigenvalue weighted by molar-refractivity contribution is -0.127. The van der Waals surface area contributed by atoms with Gasteiger partial charge in [-0.1, -0.05) is 32.0 Å². The van der Waals surface area contributed by atoms with E-state index in [-0.39, 0.29) is 10.8 Å². The van der Waals surface area contributed by atoms with Crippen LogP contribution in [0.4, 0.5) is 23.7 Å². The van der Waals surface area contributed by atoms with Crippen molar-refractivity contribution in [3.05, 3.63) is 64.3 Å². The topological polar surface area (TPSA) is 75.7 Å². The van der Waals surface area contributed by atoms with Crippen LogP contribution in [0.3, 0.4) is 0 Å². The number of nitrogens with one attached hydrogen (secondary N) is 1. The van der Waals surface area contributed by atoms with Crippen LogP contribution in [0.1, 0.15) is 19.4 Å². The lowest BCUT2D eigenvalue weighted by Crippen LogP contribution is -2.36. The number of nitrogens with zero attached hydrogens (tertiary/aromatic N) is 1. The van der Waals surface area contributed by atoms with Crippen molar-refractivity contribution < 1.29 is 32.3 Å². The molecule has 0 atom stereocenters. The largest absolute Gasteiger partial charge is 0.493 e. The molecule has 1 saturated heterocycles. The molecule has 1 N–H and O–H groups in total. The molecule has 3 amide bonds. The number of hydrogen-bond donors (Lipinski definition) is 1. The Balaban J connectivity index is 1.73. The van der Waals surface area contributed by atoms with Crippen LogP contribution in [0.15, 0.2) is 41.3 Å². The highest BCUT2D eigenvalue weighted by molar-refractivity contribution is 8.18. The highest BCUT2D eigenvalue weighted by atomic mass is 32.2. The molecular weight excluding hydrogens is 445 g/mol. The van der Waals surface area contributed by atoms with Crippen molar-refractivity contribution in [3.8, 4) is 5.75 Å². The maximum Gasteiger partial charge on any atom is 0.294 e. The molecule has 1 heterocycles. The Morgan fingerprint density at radius 3 is 2.56 bits per heavy atom. The number of carbonyl (C=O) groups is 3. The normalized spacial score (nSPS) is 15.1. The summed E-state index contributed by atoms with van der Waals surface area (Å²) in [6.45, 7) is 3.73. The molecule has 0 radical (unpaired) electrons. The van der Waals surface area contributed by atoms with Crippen molar-refractivity contribution in [3.63, 3.8) is 0 Å². The van der Waals surface area contributed by atoms with E-state index in [9.17, 15) is 27.6 Å². The van der Waals surface area contributed by atoms with Crippen molar-refractivity contribution in [2.75, 3.05) is 18.5 Å². The van der Waals surface area contributed by atoms with E-state index in [0.29, 0.717) is 40.6 Å². The third-order valence-corrected chi connectivity index (χ3v) is 5.17. The number of benzene rings is 2. The van der Waals surface area contributed by atoms with Crippen LogP contribution in [0.2, 0.25) is 0 Å². The van der Waals surface area contributed by atoms with Crippen LogP contribution in [0.5, 0.6) is 5.75 Å². The molecule has 168 valence electrons. The first-order valence-corrected chi connectivity index (χ1v) is 10.4. The van der Waals surface area contributed by atoms with Crippen molar-refractivity contribution in [2.45, 2.75) is 13.8 Å². The minimum Gasteiger partial charge on any atom is -0.493 e. The SMILES string of the molecule is CC(C)COc1ccccc1/C=C1/SC(=O)N(CC(=O)Nc2ccc(F)c(F)c2F)C1=O. The molecule has 3 rings (SSSR count). The fourth-order valence-electron chi connectivity index (χ4n) is 2.72. The van der Waals surface area contributed by atoms with E-state index in [1.807, 2.05) is 19.2 Å². The van der Waals surface area contributed by atoms with Crippen molar-refractivity contribution in [1.29, 1.82) is 0 Å². The Labute approximate surface area is 186 Å². The van der Waals surface area contributed by atoms with Gasteiger partial charge in [0, 0.05) is 5.56 Å². The lowest BCUT2D eigenvalue weighted by atomic mass is 10.1. The second kappa shape index (κ2) is 9.90. The highest BCUT2D eigenvalue weighted by Crippen LogP contribution is 2.34. The van der Waals surface area contributed by atoms with Gasteiger partial charge < -0.3 is 10.1 Å². The minimum absolute atomic E-state index is 0.0856. The van der Waals surface area contributed by atoms with Crippen LogP contribution in [0, 0.1) is 23.4 Å². The zero-order valence-corrected chi connectivity index (χ0v) is 18.0. The smallest absolute Gasteiger partial charge is 0.294 e. The molecule has 1 aliphatic rings. The second-order valence-corrected chi connectivity index (χ2v) is 8.27. The van der Waals surface area contributed by atoms with E-state index in [2.05, 4.69) is 0 Å². The number of thioether (sulfide) groups is 1. The minimum atomic E-state index is -1.74. The molecule has 2 aromatic carbocycles. The Hall–Kier alpha value is -3.27. The summed E-state index contributed by atoms with van der Waals surface area (Å²) in [7, 11) is 0. The van der Waals surface area contributed by atoms with E-state index < -0.39 is 46.7 Å². The molecule has 0 aromatic heterocycles. The first kappa shape index (κ1) is 23.4. The van der Waals surface area contributed by atoms with Crippen LogP contribution in [0.25, 0.3) is 6.08 Å². The van der Waals surface area contributed by atoms with Crippen LogP contribution in [-0.2, 0) is 9.59 Å². The van der Waals surface area contributed by atoms with E-state index in [1.165, 1.54) is 6.08 Å². The zero-order valence-electron chi connectivity index (χ0n) is 17.2. The van der Waals surface area contributed by atoms with E-state index >= 15 is 0 Å². The number of hydrogen-bond acceptors (Lipinski definition) is 5. The number of carbonyl (C=O) groups excluding carboxylic acids is 3. The molecule has 0 bridgehead atoms. The molecule has 0 spiro atoms. The van der Waals surface area contributed by atoms with Gasteiger partial charge in [0.25, 0.3) is 11.1 Å². The fourth-order valence-corrected chi connectivity index (χ4v) is 3.55. The number of halogens is 3. The predicted octanol–water partition coefficient (Wildman–Crippen LogP) is 4.81. The number of amides is 3. The van der Waals surface area contributed by atoms with Gasteiger partial charge in [-0.05, 0) is 42.0 Å². The maximum atomic E-state index is 13.7. The van der Waals surface area contributed by atoms with Crippen LogP contribution in [-0.4, -0.2) is 35.1 Å². The summed E-state index contributed by atoms with van der Waals surface area (Å²) in [5.74, 6) is -5.55. The Kier molecular flexibility index (Phi) is 7.24. The monoisotopic (exact) mass is 464 g/mol. The molecule has 0 unspecified atom stereocenters. The van der Waals surface area contributed by atoms with Crippen molar-refractivity contribution in [1.82, 2.24) is 4.90 Å². The summed E-state index contributed by atoms with van der Waals surface area (Å²) in [5.41, 5.74) is -0.0143. The molecule has 0 aliphatic carbocycles. The molecule has 0 saturated carbocycles.